The highest BCUT2D eigenvalue weighted by Gasteiger charge is 2.29. The largest absolute Gasteiger partial charge is 0.378 e. The predicted molar refractivity (Wildman–Crippen MR) is 81.6 cm³/mol. The van der Waals surface area contributed by atoms with E-state index in [2.05, 4.69) is 0 Å². The maximum absolute atomic E-state index is 12.3. The maximum atomic E-state index is 12.3. The fourth-order valence-electron chi connectivity index (χ4n) is 2.59. The van der Waals surface area contributed by atoms with Crippen LogP contribution in [0.15, 0.2) is 30.3 Å². The van der Waals surface area contributed by atoms with Crippen LogP contribution in [0.2, 0.25) is 0 Å². The van der Waals surface area contributed by atoms with Gasteiger partial charge in [-0.1, -0.05) is 30.3 Å². The van der Waals surface area contributed by atoms with E-state index in [1.165, 1.54) is 0 Å². The molecule has 2 rings (SSSR count). The van der Waals surface area contributed by atoms with E-state index >= 15 is 0 Å². The zero-order valence-corrected chi connectivity index (χ0v) is 12.6. The van der Waals surface area contributed by atoms with Crippen molar-refractivity contribution in [2.24, 2.45) is 11.7 Å². The number of aliphatic hydroxyl groups excluding tert-OH is 1. The van der Waals surface area contributed by atoms with E-state index in [9.17, 15) is 9.90 Å². The summed E-state index contributed by atoms with van der Waals surface area (Å²) in [6.45, 7) is 3.35. The van der Waals surface area contributed by atoms with Gasteiger partial charge in [0.15, 0.2) is 6.10 Å². The van der Waals surface area contributed by atoms with E-state index in [1.54, 1.807) is 17.0 Å². The van der Waals surface area contributed by atoms with Crippen LogP contribution in [0.3, 0.4) is 0 Å². The molecular weight excluding hydrogens is 276 g/mol. The minimum atomic E-state index is -1.06. The highest BCUT2D eigenvalue weighted by molar-refractivity contribution is 5.85. The van der Waals surface area contributed by atoms with Gasteiger partial charge in [0.25, 0.3) is 5.91 Å². The standard InChI is InChI=1S/C15H22N2O2.ClH/c1-11(16)13-8-5-9-17(10-13)15(19)14(18)12-6-3-2-4-7-12;/h2-4,6-7,11,13-14,18H,5,8-10,16H2,1H3;1H. The van der Waals surface area contributed by atoms with Crippen molar-refractivity contribution >= 4 is 18.3 Å². The van der Waals surface area contributed by atoms with Crippen LogP contribution in [-0.4, -0.2) is 35.0 Å². The van der Waals surface area contributed by atoms with Gasteiger partial charge in [0, 0.05) is 19.1 Å². The van der Waals surface area contributed by atoms with Crippen LogP contribution in [0.5, 0.6) is 0 Å². The lowest BCUT2D eigenvalue weighted by Crippen LogP contribution is -2.46. The number of carbonyl (C=O) groups excluding carboxylic acids is 1. The van der Waals surface area contributed by atoms with E-state index in [-0.39, 0.29) is 24.4 Å². The number of likely N-dealkylation sites (tertiary alicyclic amines) is 1. The second-order valence-electron chi connectivity index (χ2n) is 5.36. The fraction of sp³-hybridized carbons (Fsp3) is 0.533. The molecule has 1 aliphatic rings. The van der Waals surface area contributed by atoms with Gasteiger partial charge in [0.1, 0.15) is 0 Å². The highest BCUT2D eigenvalue weighted by atomic mass is 35.5. The third kappa shape index (κ3) is 3.95. The van der Waals surface area contributed by atoms with E-state index in [0.717, 1.165) is 12.8 Å². The molecule has 3 N–H and O–H groups in total. The van der Waals surface area contributed by atoms with Gasteiger partial charge in [-0.15, -0.1) is 12.4 Å². The lowest BCUT2D eigenvalue weighted by atomic mass is 9.91. The molecule has 1 amide bonds. The summed E-state index contributed by atoms with van der Waals surface area (Å²) >= 11 is 0. The zero-order valence-electron chi connectivity index (χ0n) is 11.7. The highest BCUT2D eigenvalue weighted by Crippen LogP contribution is 2.22. The van der Waals surface area contributed by atoms with Crippen molar-refractivity contribution in [1.29, 1.82) is 0 Å². The molecule has 0 radical (unpaired) electrons. The van der Waals surface area contributed by atoms with E-state index in [4.69, 9.17) is 5.73 Å². The first kappa shape index (κ1) is 17.0. The molecule has 0 bridgehead atoms. The molecule has 0 saturated carbocycles. The number of rotatable bonds is 3. The molecule has 4 nitrogen and oxygen atoms in total. The molecule has 1 aliphatic heterocycles. The molecule has 1 aromatic carbocycles. The lowest BCUT2D eigenvalue weighted by molar-refractivity contribution is -0.142. The Bertz CT molecular complexity index is 425. The number of halogens is 1. The molecule has 1 aromatic rings. The Hall–Kier alpha value is -1.10. The molecule has 0 spiro atoms. The van der Waals surface area contributed by atoms with Gasteiger partial charge in [-0.05, 0) is 31.2 Å². The monoisotopic (exact) mass is 298 g/mol. The van der Waals surface area contributed by atoms with Crippen molar-refractivity contribution in [3.63, 3.8) is 0 Å². The number of amides is 1. The van der Waals surface area contributed by atoms with Crippen molar-refractivity contribution in [3.05, 3.63) is 35.9 Å². The van der Waals surface area contributed by atoms with Crippen LogP contribution in [-0.2, 0) is 4.79 Å². The van der Waals surface area contributed by atoms with Gasteiger partial charge < -0.3 is 15.7 Å². The van der Waals surface area contributed by atoms with Gasteiger partial charge in [-0.25, -0.2) is 0 Å². The van der Waals surface area contributed by atoms with Crippen molar-refractivity contribution in [2.45, 2.75) is 31.9 Å². The summed E-state index contributed by atoms with van der Waals surface area (Å²) in [5, 5.41) is 10.1. The van der Waals surface area contributed by atoms with Crippen LogP contribution >= 0.6 is 12.4 Å². The van der Waals surface area contributed by atoms with E-state index < -0.39 is 6.10 Å². The summed E-state index contributed by atoms with van der Waals surface area (Å²) in [5.74, 6) is 0.122. The van der Waals surface area contributed by atoms with Gasteiger partial charge in [0.2, 0.25) is 0 Å². The summed E-state index contributed by atoms with van der Waals surface area (Å²) in [7, 11) is 0. The van der Waals surface area contributed by atoms with Crippen molar-refractivity contribution in [1.82, 2.24) is 4.90 Å². The lowest BCUT2D eigenvalue weighted by Gasteiger charge is -2.35. The van der Waals surface area contributed by atoms with Gasteiger partial charge in [0.05, 0.1) is 0 Å². The molecule has 1 heterocycles. The smallest absolute Gasteiger partial charge is 0.256 e. The normalized spacial score (nSPS) is 21.8. The average molecular weight is 299 g/mol. The Morgan fingerprint density at radius 2 is 2.05 bits per heavy atom. The SMILES string of the molecule is CC(N)C1CCCN(C(=O)C(O)c2ccccc2)C1.Cl. The average Bonchev–Trinajstić information content (AvgIpc) is 2.46. The van der Waals surface area contributed by atoms with Gasteiger partial charge >= 0.3 is 0 Å². The van der Waals surface area contributed by atoms with Crippen LogP contribution in [0, 0.1) is 5.92 Å². The Kier molecular flexibility index (Phi) is 6.46. The number of hydrogen-bond acceptors (Lipinski definition) is 3. The summed E-state index contributed by atoms with van der Waals surface area (Å²) in [6, 6.07) is 9.16. The van der Waals surface area contributed by atoms with Crippen LogP contribution in [0.4, 0.5) is 0 Å². The Labute approximate surface area is 126 Å². The molecule has 112 valence electrons. The molecule has 1 saturated heterocycles. The van der Waals surface area contributed by atoms with Gasteiger partial charge in [-0.2, -0.15) is 0 Å². The first-order valence-electron chi connectivity index (χ1n) is 6.87. The van der Waals surface area contributed by atoms with Crippen molar-refractivity contribution in [2.75, 3.05) is 13.1 Å². The van der Waals surface area contributed by atoms with Crippen LogP contribution < -0.4 is 5.73 Å². The molecule has 1 fully saturated rings. The molecule has 0 aliphatic carbocycles. The summed E-state index contributed by atoms with van der Waals surface area (Å²) in [5.41, 5.74) is 6.56. The molecular formula is C15H23ClN2O2. The fourth-order valence-corrected chi connectivity index (χ4v) is 2.59. The molecule has 3 unspecified atom stereocenters. The molecule has 0 aromatic heterocycles. The first-order chi connectivity index (χ1) is 9.09. The summed E-state index contributed by atoms with van der Waals surface area (Å²) in [4.78, 5) is 14.0. The number of carbonyl (C=O) groups is 1. The number of nitrogens with zero attached hydrogens (tertiary/aromatic N) is 1. The second-order valence-corrected chi connectivity index (χ2v) is 5.36. The second kappa shape index (κ2) is 7.62. The van der Waals surface area contributed by atoms with Gasteiger partial charge in [-0.3, -0.25) is 4.79 Å². The topological polar surface area (TPSA) is 66.6 Å². The van der Waals surface area contributed by atoms with Crippen LogP contribution in [0.25, 0.3) is 0 Å². The van der Waals surface area contributed by atoms with E-state index in [1.807, 2.05) is 25.1 Å². The minimum Gasteiger partial charge on any atom is -0.378 e. The van der Waals surface area contributed by atoms with E-state index in [0.29, 0.717) is 24.6 Å². The Morgan fingerprint density at radius 1 is 1.40 bits per heavy atom. The number of hydrogen-bond donors (Lipinski definition) is 2. The third-order valence-corrected chi connectivity index (χ3v) is 3.86. The zero-order chi connectivity index (χ0) is 13.8. The van der Waals surface area contributed by atoms with Crippen molar-refractivity contribution in [3.8, 4) is 0 Å². The molecule has 5 heteroatoms. The van der Waals surface area contributed by atoms with Crippen LogP contribution in [0.1, 0.15) is 31.4 Å². The number of benzene rings is 1. The molecule has 3 atom stereocenters. The summed E-state index contributed by atoms with van der Waals surface area (Å²) in [6.07, 6.45) is 0.954. The summed E-state index contributed by atoms with van der Waals surface area (Å²) < 4.78 is 0. The maximum Gasteiger partial charge on any atom is 0.256 e. The third-order valence-electron chi connectivity index (χ3n) is 3.86. The van der Waals surface area contributed by atoms with Crippen molar-refractivity contribution < 1.29 is 9.90 Å². The minimum absolute atomic E-state index is 0. The predicted octanol–water partition coefficient (Wildman–Crippen LogP) is 1.73. The number of aliphatic hydroxyl groups is 1. The Morgan fingerprint density at radius 3 is 2.65 bits per heavy atom. The quantitative estimate of drug-likeness (QED) is 0.893. The number of nitrogens with two attached hydrogens (primary N) is 1. The Balaban J connectivity index is 0.00000200. The first-order valence-corrected chi connectivity index (χ1v) is 6.87. The molecule has 20 heavy (non-hydrogen) atoms. The number of piperidine rings is 1.